The topological polar surface area (TPSA) is 12.0 Å². The molecule has 2 atom stereocenters. The Labute approximate surface area is 118 Å². The molecule has 1 saturated carbocycles. The average Bonchev–Trinajstić information content (AvgIpc) is 2.47. The van der Waals surface area contributed by atoms with Crippen LogP contribution in [-0.2, 0) is 0 Å². The first-order valence-corrected chi connectivity index (χ1v) is 7.73. The molecule has 0 radical (unpaired) electrons. The minimum Gasteiger partial charge on any atom is -0.307 e. The van der Waals surface area contributed by atoms with E-state index in [-0.39, 0.29) is 0 Å². The van der Waals surface area contributed by atoms with Crippen LogP contribution in [0.2, 0.25) is 0 Å². The van der Waals surface area contributed by atoms with Gasteiger partial charge < -0.3 is 5.32 Å². The summed E-state index contributed by atoms with van der Waals surface area (Å²) < 4.78 is 0. The molecule has 0 heterocycles. The van der Waals surface area contributed by atoms with E-state index in [2.05, 4.69) is 49.2 Å². The van der Waals surface area contributed by atoms with Gasteiger partial charge in [-0.15, -0.1) is 6.58 Å². The maximum Gasteiger partial charge on any atom is 0.0351 e. The van der Waals surface area contributed by atoms with Crippen molar-refractivity contribution in [2.45, 2.75) is 57.5 Å². The molecule has 1 aliphatic carbocycles. The highest BCUT2D eigenvalue weighted by Crippen LogP contribution is 2.34. The van der Waals surface area contributed by atoms with Gasteiger partial charge in [-0.25, -0.2) is 0 Å². The second-order valence-electron chi connectivity index (χ2n) is 5.88. The summed E-state index contributed by atoms with van der Waals surface area (Å²) >= 11 is 0. The highest BCUT2D eigenvalue weighted by atomic mass is 15.0. The summed E-state index contributed by atoms with van der Waals surface area (Å²) in [5, 5.41) is 3.83. The minimum atomic E-state index is 0.504. The lowest BCUT2D eigenvalue weighted by atomic mass is 9.81. The maximum atomic E-state index is 3.85. The van der Waals surface area contributed by atoms with E-state index in [1.54, 1.807) is 0 Å². The van der Waals surface area contributed by atoms with Gasteiger partial charge in [0.2, 0.25) is 0 Å². The maximum absolute atomic E-state index is 3.85. The van der Waals surface area contributed by atoms with Gasteiger partial charge in [0.15, 0.2) is 0 Å². The lowest BCUT2D eigenvalue weighted by molar-refractivity contribution is 0.257. The summed E-state index contributed by atoms with van der Waals surface area (Å²) in [5.41, 5.74) is 1.45. The molecule has 1 nitrogen and oxygen atoms in total. The van der Waals surface area contributed by atoms with Gasteiger partial charge >= 0.3 is 0 Å². The van der Waals surface area contributed by atoms with Gasteiger partial charge in [0, 0.05) is 12.1 Å². The van der Waals surface area contributed by atoms with Gasteiger partial charge in [0.25, 0.3) is 0 Å². The van der Waals surface area contributed by atoms with Crippen molar-refractivity contribution in [1.29, 1.82) is 0 Å². The quantitative estimate of drug-likeness (QED) is 0.717. The molecule has 0 spiro atoms. The Morgan fingerprint density at radius 1 is 1.21 bits per heavy atom. The minimum absolute atomic E-state index is 0.504. The van der Waals surface area contributed by atoms with Crippen molar-refractivity contribution in [1.82, 2.24) is 5.32 Å². The van der Waals surface area contributed by atoms with Crippen LogP contribution in [0.5, 0.6) is 0 Å². The Kier molecular flexibility index (Phi) is 5.65. The van der Waals surface area contributed by atoms with Crippen molar-refractivity contribution in [2.75, 3.05) is 0 Å². The number of hydrogen-bond acceptors (Lipinski definition) is 1. The molecule has 1 aromatic carbocycles. The number of benzene rings is 1. The molecule has 2 unspecified atom stereocenters. The van der Waals surface area contributed by atoms with Crippen molar-refractivity contribution >= 4 is 0 Å². The molecule has 1 aliphatic rings. The molecular formula is C18H27N. The van der Waals surface area contributed by atoms with Crippen LogP contribution in [0, 0.1) is 5.92 Å². The van der Waals surface area contributed by atoms with Crippen LogP contribution in [0.3, 0.4) is 0 Å². The fourth-order valence-electron chi connectivity index (χ4n) is 3.26. The fourth-order valence-corrected chi connectivity index (χ4v) is 3.26. The summed E-state index contributed by atoms with van der Waals surface area (Å²) in [7, 11) is 0. The molecule has 19 heavy (non-hydrogen) atoms. The summed E-state index contributed by atoms with van der Waals surface area (Å²) in [6, 6.07) is 12.0. The van der Waals surface area contributed by atoms with Crippen LogP contribution in [0.15, 0.2) is 43.0 Å². The smallest absolute Gasteiger partial charge is 0.0351 e. The molecular weight excluding hydrogens is 230 g/mol. The predicted molar refractivity (Wildman–Crippen MR) is 83.2 cm³/mol. The molecule has 0 amide bonds. The van der Waals surface area contributed by atoms with Gasteiger partial charge in [0.05, 0.1) is 0 Å². The molecule has 0 aromatic heterocycles. The fraction of sp³-hybridized carbons (Fsp3) is 0.556. The SMILES string of the molecule is C=CCC(C)NC(c1ccccc1)C1CCCCC1. The van der Waals surface area contributed by atoms with Crippen molar-refractivity contribution in [3.63, 3.8) is 0 Å². The van der Waals surface area contributed by atoms with Gasteiger partial charge in [-0.1, -0.05) is 55.7 Å². The van der Waals surface area contributed by atoms with Crippen LogP contribution in [0.25, 0.3) is 0 Å². The third kappa shape index (κ3) is 4.21. The number of hydrogen-bond donors (Lipinski definition) is 1. The van der Waals surface area contributed by atoms with E-state index >= 15 is 0 Å². The van der Waals surface area contributed by atoms with Gasteiger partial charge in [-0.05, 0) is 37.7 Å². The first kappa shape index (κ1) is 14.3. The molecule has 1 heteroatoms. The highest BCUT2D eigenvalue weighted by molar-refractivity contribution is 5.20. The van der Waals surface area contributed by atoms with Crippen molar-refractivity contribution < 1.29 is 0 Å². The zero-order chi connectivity index (χ0) is 13.5. The third-order valence-electron chi connectivity index (χ3n) is 4.26. The molecule has 1 fully saturated rings. The Balaban J connectivity index is 2.10. The molecule has 0 saturated heterocycles. The van der Waals surface area contributed by atoms with E-state index in [1.165, 1.54) is 37.7 Å². The Morgan fingerprint density at radius 2 is 1.89 bits per heavy atom. The van der Waals surface area contributed by atoms with E-state index in [9.17, 15) is 0 Å². The highest BCUT2D eigenvalue weighted by Gasteiger charge is 2.25. The largest absolute Gasteiger partial charge is 0.307 e. The van der Waals surface area contributed by atoms with Crippen molar-refractivity contribution in [2.24, 2.45) is 5.92 Å². The van der Waals surface area contributed by atoms with E-state index < -0.39 is 0 Å². The van der Waals surface area contributed by atoms with Crippen LogP contribution >= 0.6 is 0 Å². The third-order valence-corrected chi connectivity index (χ3v) is 4.26. The summed E-state index contributed by atoms with van der Waals surface area (Å²) in [6.07, 6.45) is 9.99. The Hall–Kier alpha value is -1.08. The lowest BCUT2D eigenvalue weighted by Crippen LogP contribution is -2.35. The molecule has 2 rings (SSSR count). The molecule has 1 N–H and O–H groups in total. The average molecular weight is 257 g/mol. The molecule has 0 aliphatic heterocycles. The normalized spacial score (nSPS) is 19.8. The first-order chi connectivity index (χ1) is 9.31. The lowest BCUT2D eigenvalue weighted by Gasteiger charge is -2.33. The van der Waals surface area contributed by atoms with Gasteiger partial charge in [-0.3, -0.25) is 0 Å². The van der Waals surface area contributed by atoms with E-state index in [1.807, 2.05) is 6.08 Å². The summed E-state index contributed by atoms with van der Waals surface area (Å²) in [5.74, 6) is 0.795. The van der Waals surface area contributed by atoms with Crippen LogP contribution in [0.1, 0.15) is 57.1 Å². The van der Waals surface area contributed by atoms with Crippen molar-refractivity contribution in [3.05, 3.63) is 48.6 Å². The second kappa shape index (κ2) is 7.49. The molecule has 104 valence electrons. The Morgan fingerprint density at radius 3 is 2.53 bits per heavy atom. The summed E-state index contributed by atoms with van der Waals surface area (Å²) in [4.78, 5) is 0. The van der Waals surface area contributed by atoms with E-state index in [4.69, 9.17) is 0 Å². The van der Waals surface area contributed by atoms with Gasteiger partial charge in [0.1, 0.15) is 0 Å². The van der Waals surface area contributed by atoms with Crippen LogP contribution in [0.4, 0.5) is 0 Å². The number of nitrogens with one attached hydrogen (secondary N) is 1. The summed E-state index contributed by atoms with van der Waals surface area (Å²) in [6.45, 7) is 6.12. The van der Waals surface area contributed by atoms with Crippen molar-refractivity contribution in [3.8, 4) is 0 Å². The standard InChI is InChI=1S/C18H27N/c1-3-10-15(2)19-18(16-11-6-4-7-12-16)17-13-8-5-9-14-17/h3-4,6-7,11-12,15,17-19H,1,5,8-10,13-14H2,2H3. The van der Waals surface area contributed by atoms with Gasteiger partial charge in [-0.2, -0.15) is 0 Å². The monoisotopic (exact) mass is 257 g/mol. The number of rotatable bonds is 6. The molecule has 0 bridgehead atoms. The van der Waals surface area contributed by atoms with E-state index in [0.717, 1.165) is 12.3 Å². The van der Waals surface area contributed by atoms with E-state index in [0.29, 0.717) is 12.1 Å². The second-order valence-corrected chi connectivity index (χ2v) is 5.88. The Bertz CT molecular complexity index is 365. The zero-order valence-electron chi connectivity index (χ0n) is 12.1. The first-order valence-electron chi connectivity index (χ1n) is 7.73. The zero-order valence-corrected chi connectivity index (χ0v) is 12.1. The van der Waals surface area contributed by atoms with Crippen LogP contribution in [-0.4, -0.2) is 6.04 Å². The molecule has 1 aromatic rings. The van der Waals surface area contributed by atoms with Crippen LogP contribution < -0.4 is 5.32 Å². The predicted octanol–water partition coefficient (Wildman–Crippen LogP) is 4.86.